The number of rotatable bonds is 7. The Balaban J connectivity index is 1.23. The van der Waals surface area contributed by atoms with E-state index in [1.165, 1.54) is 4.68 Å². The molecule has 4 fully saturated rings. The number of nitrogens with one attached hydrogen (secondary N) is 2. The van der Waals surface area contributed by atoms with Crippen molar-refractivity contribution in [3.8, 4) is 0 Å². The van der Waals surface area contributed by atoms with E-state index in [4.69, 9.17) is 9.47 Å². The number of carbonyl (C=O) groups excluding carboxylic acids is 1. The first-order chi connectivity index (χ1) is 14.9. The smallest absolute Gasteiger partial charge is 0.408 e. The van der Waals surface area contributed by atoms with Crippen molar-refractivity contribution in [3.63, 3.8) is 0 Å². The average molecular weight is 430 g/mol. The highest BCUT2D eigenvalue weighted by Gasteiger charge is 2.63. The fourth-order valence-corrected chi connectivity index (χ4v) is 5.18. The van der Waals surface area contributed by atoms with Gasteiger partial charge >= 0.3 is 6.09 Å². The zero-order valence-corrected chi connectivity index (χ0v) is 17.5. The van der Waals surface area contributed by atoms with Crippen LogP contribution in [-0.4, -0.2) is 67.3 Å². The summed E-state index contributed by atoms with van der Waals surface area (Å²) >= 11 is 0. The van der Waals surface area contributed by atoms with E-state index in [0.29, 0.717) is 48.5 Å². The van der Waals surface area contributed by atoms with Crippen molar-refractivity contribution in [2.24, 2.45) is 13.0 Å². The van der Waals surface area contributed by atoms with Crippen molar-refractivity contribution in [1.82, 2.24) is 24.9 Å². The molecule has 11 heteroatoms. The van der Waals surface area contributed by atoms with Gasteiger partial charge in [0.15, 0.2) is 5.82 Å². The van der Waals surface area contributed by atoms with Crippen molar-refractivity contribution >= 4 is 17.8 Å². The van der Waals surface area contributed by atoms with Crippen molar-refractivity contribution in [2.45, 2.75) is 50.0 Å². The van der Waals surface area contributed by atoms with Crippen LogP contribution >= 0.6 is 0 Å². The molecule has 166 valence electrons. The lowest BCUT2D eigenvalue weighted by atomic mass is 9.49. The molecular formula is C20H26N6O5. The van der Waals surface area contributed by atoms with Crippen LogP contribution in [0.2, 0.25) is 0 Å². The minimum absolute atomic E-state index is 0.168. The number of carboxylic acid groups (broad SMARTS) is 1. The first kappa shape index (κ1) is 20.0. The number of methoxy groups -OCH3 is 1. The molecule has 1 saturated heterocycles. The molecule has 4 aliphatic rings. The van der Waals surface area contributed by atoms with E-state index in [1.54, 1.807) is 31.2 Å². The van der Waals surface area contributed by atoms with Gasteiger partial charge in [-0.1, -0.05) is 0 Å². The van der Waals surface area contributed by atoms with Crippen LogP contribution in [0.3, 0.4) is 0 Å². The summed E-state index contributed by atoms with van der Waals surface area (Å²) in [5, 5.41) is 23.8. The number of anilines is 1. The fourth-order valence-electron chi connectivity index (χ4n) is 5.18. The van der Waals surface area contributed by atoms with Crippen LogP contribution in [0.5, 0.6) is 0 Å². The third-order valence-electron chi connectivity index (χ3n) is 6.71. The molecule has 0 aromatic carbocycles. The van der Waals surface area contributed by atoms with Crippen LogP contribution in [0.1, 0.15) is 53.7 Å². The van der Waals surface area contributed by atoms with Gasteiger partial charge < -0.3 is 19.9 Å². The molecule has 11 nitrogen and oxygen atoms in total. The second-order valence-electron chi connectivity index (χ2n) is 8.81. The first-order valence-corrected chi connectivity index (χ1v) is 10.4. The minimum Gasteiger partial charge on any atom is -0.465 e. The first-order valence-electron chi connectivity index (χ1n) is 10.4. The Morgan fingerprint density at radius 2 is 2.19 bits per heavy atom. The summed E-state index contributed by atoms with van der Waals surface area (Å²) in [6.45, 7) is 0.685. The molecule has 3 heterocycles. The van der Waals surface area contributed by atoms with Crippen LogP contribution in [0.25, 0.3) is 0 Å². The van der Waals surface area contributed by atoms with E-state index >= 15 is 0 Å². The molecule has 2 aromatic heterocycles. The fraction of sp³-hybridized carbons (Fsp3) is 0.600. The number of carbonyl (C=O) groups is 2. The van der Waals surface area contributed by atoms with E-state index in [0.717, 1.165) is 19.3 Å². The predicted octanol–water partition coefficient (Wildman–Crippen LogP) is 1.90. The quantitative estimate of drug-likeness (QED) is 0.611. The number of aromatic nitrogens is 4. The number of aryl methyl sites for hydroxylation is 1. The molecule has 2 unspecified atom stereocenters. The number of aromatic amines is 1. The monoisotopic (exact) mass is 430 g/mol. The molecular weight excluding hydrogens is 404 g/mol. The van der Waals surface area contributed by atoms with Crippen LogP contribution in [-0.2, 0) is 23.1 Å². The highest BCUT2D eigenvalue weighted by molar-refractivity contribution is 6.02. The number of nitrogens with zero attached hydrogens (tertiary/aromatic N) is 4. The van der Waals surface area contributed by atoms with Crippen molar-refractivity contribution < 1.29 is 24.2 Å². The Morgan fingerprint density at radius 1 is 1.42 bits per heavy atom. The van der Waals surface area contributed by atoms with Crippen molar-refractivity contribution in [3.05, 3.63) is 29.2 Å². The number of hydrogen-bond acceptors (Lipinski definition) is 6. The molecule has 1 aliphatic heterocycles. The minimum atomic E-state index is -0.867. The van der Waals surface area contributed by atoms with E-state index in [2.05, 4.69) is 20.6 Å². The SMILES string of the molecule is COCc1cc(C(=O)Nc2cc(C3CC(N(C(=O)O)C45CC(C4)C5)CO3)[nH]n2)n(C)n1. The Kier molecular flexibility index (Phi) is 4.74. The lowest BCUT2D eigenvalue weighted by Crippen LogP contribution is -2.71. The van der Waals surface area contributed by atoms with Gasteiger partial charge in [-0.3, -0.25) is 19.5 Å². The molecule has 0 radical (unpaired) electrons. The van der Waals surface area contributed by atoms with Crippen LogP contribution in [0, 0.1) is 5.92 Å². The standard InChI is InChI=1S/C20H26N6O5/c1-25-15(3-12(24-25)9-30-2)18(27)21-17-5-14(22-23-17)16-4-13(10-31-16)26(19(28)29)20-6-11(7-20)8-20/h3,5,11,13,16H,4,6-10H2,1-2H3,(H,28,29)(H2,21,22,23,27). The second-order valence-corrected chi connectivity index (χ2v) is 8.81. The number of amides is 2. The van der Waals surface area contributed by atoms with Gasteiger partial charge in [0.1, 0.15) is 11.8 Å². The largest absolute Gasteiger partial charge is 0.465 e. The van der Waals surface area contributed by atoms with Crippen LogP contribution < -0.4 is 5.32 Å². The van der Waals surface area contributed by atoms with E-state index in [9.17, 15) is 14.7 Å². The maximum atomic E-state index is 12.6. The van der Waals surface area contributed by atoms with Gasteiger partial charge in [0.25, 0.3) is 5.91 Å². The molecule has 3 aliphatic carbocycles. The number of hydrogen-bond donors (Lipinski definition) is 3. The lowest BCUT2D eigenvalue weighted by Gasteiger charge is -2.66. The van der Waals surface area contributed by atoms with Gasteiger partial charge in [-0.05, 0) is 31.2 Å². The van der Waals surface area contributed by atoms with E-state index in [1.807, 2.05) is 0 Å². The lowest BCUT2D eigenvalue weighted by molar-refractivity contribution is -0.142. The molecule has 2 aromatic rings. The van der Waals surface area contributed by atoms with Crippen LogP contribution in [0.4, 0.5) is 10.6 Å². The summed E-state index contributed by atoms with van der Waals surface area (Å²) in [7, 11) is 3.26. The Hall–Kier alpha value is -2.92. The maximum Gasteiger partial charge on any atom is 0.408 e. The number of H-pyrrole nitrogens is 1. The third-order valence-corrected chi connectivity index (χ3v) is 6.71. The highest BCUT2D eigenvalue weighted by atomic mass is 16.5. The summed E-state index contributed by atoms with van der Waals surface area (Å²) in [5.74, 6) is 0.737. The topological polar surface area (TPSA) is 135 Å². The summed E-state index contributed by atoms with van der Waals surface area (Å²) < 4.78 is 12.4. The highest BCUT2D eigenvalue weighted by Crippen LogP contribution is 2.61. The van der Waals surface area contributed by atoms with Crippen molar-refractivity contribution in [2.75, 3.05) is 19.0 Å². The number of ether oxygens (including phenoxy) is 2. The summed E-state index contributed by atoms with van der Waals surface area (Å²) in [5.41, 5.74) is 1.60. The molecule has 2 amide bonds. The maximum absolute atomic E-state index is 12.6. The summed E-state index contributed by atoms with van der Waals surface area (Å²) in [6, 6.07) is 3.23. The molecule has 6 rings (SSSR count). The molecule has 2 atom stereocenters. The van der Waals surface area contributed by atoms with Gasteiger partial charge in [-0.15, -0.1) is 0 Å². The average Bonchev–Trinajstić information content (AvgIpc) is 3.36. The second kappa shape index (κ2) is 7.34. The van der Waals surface area contributed by atoms with Gasteiger partial charge in [0.2, 0.25) is 0 Å². The van der Waals surface area contributed by atoms with Gasteiger partial charge in [-0.2, -0.15) is 10.2 Å². The predicted molar refractivity (Wildman–Crippen MR) is 107 cm³/mol. The normalized spacial score (nSPS) is 28.6. The third kappa shape index (κ3) is 3.37. The van der Waals surface area contributed by atoms with Gasteiger partial charge in [-0.25, -0.2) is 4.79 Å². The van der Waals surface area contributed by atoms with Crippen molar-refractivity contribution in [1.29, 1.82) is 0 Å². The van der Waals surface area contributed by atoms with Gasteiger partial charge in [0, 0.05) is 32.2 Å². The van der Waals surface area contributed by atoms with E-state index in [-0.39, 0.29) is 23.6 Å². The zero-order chi connectivity index (χ0) is 21.8. The Morgan fingerprint density at radius 3 is 2.84 bits per heavy atom. The Bertz CT molecular complexity index is 999. The molecule has 3 N–H and O–H groups in total. The van der Waals surface area contributed by atoms with Gasteiger partial charge in [0.05, 0.1) is 30.6 Å². The molecule has 3 saturated carbocycles. The molecule has 0 spiro atoms. The van der Waals surface area contributed by atoms with E-state index < -0.39 is 6.09 Å². The molecule has 31 heavy (non-hydrogen) atoms. The Labute approximate surface area is 178 Å². The molecule has 2 bridgehead atoms. The summed E-state index contributed by atoms with van der Waals surface area (Å²) in [4.78, 5) is 26.1. The summed E-state index contributed by atoms with van der Waals surface area (Å²) in [6.07, 6.45) is 2.33. The zero-order valence-electron chi connectivity index (χ0n) is 17.5. The van der Waals surface area contributed by atoms with Crippen LogP contribution in [0.15, 0.2) is 12.1 Å².